The molecule has 0 saturated heterocycles. The van der Waals surface area contributed by atoms with E-state index in [0.717, 1.165) is 18.4 Å². The Morgan fingerprint density at radius 1 is 1.12 bits per heavy atom. The van der Waals surface area contributed by atoms with Gasteiger partial charge in [0.15, 0.2) is 5.78 Å². The van der Waals surface area contributed by atoms with E-state index in [1.54, 1.807) is 6.92 Å². The van der Waals surface area contributed by atoms with E-state index < -0.39 is 12.0 Å². The molecular formula is C21H36O4. The standard InChI is InChI=1S/C21H36O4/c1-8-18-13(3)11-16(6)19(22)14(4)9-12(2)10-15(5)20(23)17(7)21(24)25-18/h11-15,17-18,20,23H,8-10H2,1-7H3/b16-11+/t12-,13+,14+,15+,17+,18+,20-/m0/s1. The lowest BCUT2D eigenvalue weighted by Gasteiger charge is -2.29. The number of aliphatic hydroxyl groups excluding tert-OH is 1. The molecule has 0 unspecified atom stereocenters. The van der Waals surface area contributed by atoms with Crippen molar-refractivity contribution >= 4 is 11.8 Å². The normalized spacial score (nSPS) is 41.4. The molecule has 1 aliphatic heterocycles. The largest absolute Gasteiger partial charge is 0.461 e. The molecule has 0 amide bonds. The van der Waals surface area contributed by atoms with Crippen LogP contribution in [0.4, 0.5) is 0 Å². The van der Waals surface area contributed by atoms with Crippen LogP contribution in [0.1, 0.15) is 67.7 Å². The van der Waals surface area contributed by atoms with Crippen molar-refractivity contribution in [2.75, 3.05) is 0 Å². The molecule has 0 aliphatic carbocycles. The second-order valence-electron chi connectivity index (χ2n) is 8.19. The Kier molecular flexibility index (Phi) is 8.33. The number of carbonyl (C=O) groups is 2. The first-order chi connectivity index (χ1) is 11.6. The van der Waals surface area contributed by atoms with Gasteiger partial charge in [-0.25, -0.2) is 0 Å². The van der Waals surface area contributed by atoms with Crippen molar-refractivity contribution in [2.24, 2.45) is 29.6 Å². The van der Waals surface area contributed by atoms with Crippen LogP contribution in [-0.4, -0.2) is 29.1 Å². The molecule has 0 saturated carbocycles. The Bertz CT molecular complexity index is 496. The van der Waals surface area contributed by atoms with Crippen LogP contribution in [0.25, 0.3) is 0 Å². The van der Waals surface area contributed by atoms with Crippen LogP contribution >= 0.6 is 0 Å². The highest BCUT2D eigenvalue weighted by Crippen LogP contribution is 2.28. The molecule has 4 nitrogen and oxygen atoms in total. The Morgan fingerprint density at radius 3 is 2.28 bits per heavy atom. The molecule has 144 valence electrons. The van der Waals surface area contributed by atoms with Gasteiger partial charge in [0.2, 0.25) is 0 Å². The SMILES string of the molecule is CC[C@H]1OC(=O)[C@H](C)[C@@H](O)[C@H](C)C[C@@H](C)C[C@@H](C)C(=O)/C(C)=C/[C@H]1C. The topological polar surface area (TPSA) is 63.6 Å². The van der Waals surface area contributed by atoms with E-state index in [1.807, 2.05) is 40.7 Å². The lowest BCUT2D eigenvalue weighted by molar-refractivity contribution is -0.160. The molecule has 25 heavy (non-hydrogen) atoms. The van der Waals surface area contributed by atoms with Gasteiger partial charge in [0.25, 0.3) is 0 Å². The molecule has 1 heterocycles. The van der Waals surface area contributed by atoms with Gasteiger partial charge < -0.3 is 9.84 Å². The predicted molar refractivity (Wildman–Crippen MR) is 100.0 cm³/mol. The van der Waals surface area contributed by atoms with E-state index in [2.05, 4.69) is 6.92 Å². The molecule has 0 aromatic carbocycles. The van der Waals surface area contributed by atoms with E-state index in [1.165, 1.54) is 0 Å². The van der Waals surface area contributed by atoms with E-state index >= 15 is 0 Å². The van der Waals surface area contributed by atoms with E-state index in [0.29, 0.717) is 12.3 Å². The van der Waals surface area contributed by atoms with Gasteiger partial charge in [-0.3, -0.25) is 9.59 Å². The van der Waals surface area contributed by atoms with Crippen molar-refractivity contribution in [1.82, 2.24) is 0 Å². The zero-order valence-electron chi connectivity index (χ0n) is 16.9. The van der Waals surface area contributed by atoms with Crippen molar-refractivity contribution in [3.63, 3.8) is 0 Å². The number of ketones is 1. The minimum Gasteiger partial charge on any atom is -0.461 e. The van der Waals surface area contributed by atoms with Crippen molar-refractivity contribution in [2.45, 2.75) is 79.9 Å². The zero-order valence-corrected chi connectivity index (χ0v) is 16.9. The Balaban J connectivity index is 3.15. The van der Waals surface area contributed by atoms with E-state index in [-0.39, 0.29) is 35.6 Å². The number of esters is 1. The summed E-state index contributed by atoms with van der Waals surface area (Å²) in [5.74, 6) is -0.513. The second kappa shape index (κ2) is 9.51. The number of allylic oxidation sites excluding steroid dienone is 1. The monoisotopic (exact) mass is 352 g/mol. The number of hydrogen-bond donors (Lipinski definition) is 1. The van der Waals surface area contributed by atoms with Crippen molar-refractivity contribution in [3.8, 4) is 0 Å². The highest BCUT2D eigenvalue weighted by atomic mass is 16.5. The first-order valence-corrected chi connectivity index (χ1v) is 9.69. The summed E-state index contributed by atoms with van der Waals surface area (Å²) >= 11 is 0. The Morgan fingerprint density at radius 2 is 1.72 bits per heavy atom. The number of rotatable bonds is 1. The van der Waals surface area contributed by atoms with Gasteiger partial charge in [0.05, 0.1) is 12.0 Å². The minimum absolute atomic E-state index is 0.0167. The summed E-state index contributed by atoms with van der Waals surface area (Å²) < 4.78 is 5.67. The number of Topliss-reactive ketones (excluding diaryl/α,β-unsaturated/α-hetero) is 1. The molecule has 1 aliphatic rings. The quantitative estimate of drug-likeness (QED) is 0.720. The maximum atomic E-state index is 12.6. The Hall–Kier alpha value is -1.16. The highest BCUT2D eigenvalue weighted by molar-refractivity contribution is 5.96. The van der Waals surface area contributed by atoms with Crippen molar-refractivity contribution in [1.29, 1.82) is 0 Å². The summed E-state index contributed by atoms with van der Waals surface area (Å²) in [5.41, 5.74) is 0.750. The number of hydrogen-bond acceptors (Lipinski definition) is 4. The van der Waals surface area contributed by atoms with Gasteiger partial charge in [0, 0.05) is 11.8 Å². The van der Waals surface area contributed by atoms with Gasteiger partial charge in [-0.2, -0.15) is 0 Å². The summed E-state index contributed by atoms with van der Waals surface area (Å²) in [6.07, 6.45) is 3.18. The maximum Gasteiger partial charge on any atom is 0.311 e. The fourth-order valence-electron chi connectivity index (χ4n) is 4.00. The molecule has 4 heteroatoms. The third-order valence-electron chi connectivity index (χ3n) is 5.60. The molecule has 0 spiro atoms. The van der Waals surface area contributed by atoms with Crippen LogP contribution in [0.5, 0.6) is 0 Å². The number of carbonyl (C=O) groups excluding carboxylic acids is 2. The van der Waals surface area contributed by atoms with Gasteiger partial charge in [-0.05, 0) is 50.5 Å². The third-order valence-corrected chi connectivity index (χ3v) is 5.60. The molecule has 0 aromatic heterocycles. The van der Waals surface area contributed by atoms with Crippen molar-refractivity contribution < 1.29 is 19.4 Å². The molecule has 0 fully saturated rings. The van der Waals surface area contributed by atoms with Crippen LogP contribution in [0, 0.1) is 29.6 Å². The molecule has 7 atom stereocenters. The van der Waals surface area contributed by atoms with Crippen LogP contribution < -0.4 is 0 Å². The fourth-order valence-corrected chi connectivity index (χ4v) is 4.00. The highest BCUT2D eigenvalue weighted by Gasteiger charge is 2.32. The maximum absolute atomic E-state index is 12.6. The lowest BCUT2D eigenvalue weighted by Crippen LogP contribution is -2.36. The smallest absolute Gasteiger partial charge is 0.311 e. The van der Waals surface area contributed by atoms with Crippen LogP contribution in [0.15, 0.2) is 11.6 Å². The summed E-state index contributed by atoms with van der Waals surface area (Å²) in [5, 5.41) is 10.5. The fraction of sp³-hybridized carbons (Fsp3) is 0.810. The lowest BCUT2D eigenvalue weighted by atomic mass is 9.81. The molecule has 0 aromatic rings. The van der Waals surface area contributed by atoms with E-state index in [4.69, 9.17) is 4.74 Å². The van der Waals surface area contributed by atoms with Gasteiger partial charge in [-0.1, -0.05) is 40.7 Å². The first kappa shape index (κ1) is 21.9. The molecule has 1 N–H and O–H groups in total. The second-order valence-corrected chi connectivity index (χ2v) is 8.19. The van der Waals surface area contributed by atoms with E-state index in [9.17, 15) is 14.7 Å². The summed E-state index contributed by atoms with van der Waals surface area (Å²) in [6.45, 7) is 13.6. The summed E-state index contributed by atoms with van der Waals surface area (Å²) in [4.78, 5) is 25.1. The van der Waals surface area contributed by atoms with Gasteiger partial charge in [-0.15, -0.1) is 0 Å². The number of cyclic esters (lactones) is 1. The Labute approximate surface area is 153 Å². The van der Waals surface area contributed by atoms with Gasteiger partial charge in [0.1, 0.15) is 6.10 Å². The molecule has 0 radical (unpaired) electrons. The number of aliphatic hydroxyl groups is 1. The minimum atomic E-state index is -0.728. The predicted octanol–water partition coefficient (Wildman–Crippen LogP) is 4.16. The first-order valence-electron chi connectivity index (χ1n) is 9.69. The average Bonchev–Trinajstić information content (AvgIpc) is 2.55. The van der Waals surface area contributed by atoms with Crippen LogP contribution in [0.3, 0.4) is 0 Å². The van der Waals surface area contributed by atoms with Crippen LogP contribution in [-0.2, 0) is 14.3 Å². The zero-order chi connectivity index (χ0) is 19.3. The molecular weight excluding hydrogens is 316 g/mol. The van der Waals surface area contributed by atoms with Gasteiger partial charge >= 0.3 is 5.97 Å². The summed E-state index contributed by atoms with van der Waals surface area (Å²) in [7, 11) is 0. The number of ether oxygens (including phenoxy) is 1. The molecule has 0 bridgehead atoms. The molecule has 1 rings (SSSR count). The van der Waals surface area contributed by atoms with Crippen LogP contribution in [0.2, 0.25) is 0 Å². The third kappa shape index (κ3) is 5.95. The van der Waals surface area contributed by atoms with Crippen molar-refractivity contribution in [3.05, 3.63) is 11.6 Å². The summed E-state index contributed by atoms with van der Waals surface area (Å²) in [6, 6.07) is 0. The average molecular weight is 353 g/mol.